The maximum absolute atomic E-state index is 12.1. The van der Waals surface area contributed by atoms with Gasteiger partial charge in [-0.2, -0.15) is 5.10 Å². The van der Waals surface area contributed by atoms with Crippen LogP contribution in [0.1, 0.15) is 22.5 Å². The maximum atomic E-state index is 12.1. The molecule has 0 fully saturated rings. The van der Waals surface area contributed by atoms with Crippen molar-refractivity contribution in [2.24, 2.45) is 5.10 Å². The number of benzene rings is 2. The molecule has 0 aliphatic heterocycles. The number of hydrazone groups is 1. The van der Waals surface area contributed by atoms with Gasteiger partial charge in [0.25, 0.3) is 0 Å². The summed E-state index contributed by atoms with van der Waals surface area (Å²) in [6.45, 7) is 3.92. The fraction of sp³-hybridized carbons (Fsp3) is 0.182. The van der Waals surface area contributed by atoms with Gasteiger partial charge in [0.1, 0.15) is 0 Å². The lowest BCUT2D eigenvalue weighted by Crippen LogP contribution is -2.19. The van der Waals surface area contributed by atoms with E-state index in [1.54, 1.807) is 36.5 Å². The summed E-state index contributed by atoms with van der Waals surface area (Å²) >= 11 is 26.2. The third-order valence-corrected chi connectivity index (χ3v) is 6.78. The summed E-state index contributed by atoms with van der Waals surface area (Å²) in [5.41, 5.74) is 6.93. The SMILES string of the molecule is Cc1cc(/C=N\NC(=O)CSCc2c(Cl)cccc2Cl)c(C)n1-c1cc(Cl)ccc1Cl. The second-order valence-electron chi connectivity index (χ2n) is 6.74. The van der Waals surface area contributed by atoms with Crippen molar-refractivity contribution in [3.05, 3.63) is 85.1 Å². The smallest absolute Gasteiger partial charge is 0.250 e. The molecule has 1 N–H and O–H groups in total. The van der Waals surface area contributed by atoms with E-state index in [1.165, 1.54) is 11.8 Å². The highest BCUT2D eigenvalue weighted by Crippen LogP contribution is 2.29. The molecule has 9 heteroatoms. The van der Waals surface area contributed by atoms with Gasteiger partial charge in [-0.15, -0.1) is 11.8 Å². The van der Waals surface area contributed by atoms with Crippen LogP contribution in [0, 0.1) is 13.8 Å². The van der Waals surface area contributed by atoms with Crippen LogP contribution in [-0.2, 0) is 10.5 Å². The Bertz CT molecular complexity index is 1120. The fourth-order valence-corrected chi connectivity index (χ4v) is 4.99. The Morgan fingerprint density at radius 3 is 2.48 bits per heavy atom. The Kier molecular flexibility index (Phi) is 8.36. The normalized spacial score (nSPS) is 11.3. The van der Waals surface area contributed by atoms with E-state index in [1.807, 2.05) is 30.5 Å². The highest BCUT2D eigenvalue weighted by molar-refractivity contribution is 7.99. The van der Waals surface area contributed by atoms with Crippen LogP contribution >= 0.6 is 58.2 Å². The molecule has 0 radical (unpaired) electrons. The number of halogens is 4. The summed E-state index contributed by atoms with van der Waals surface area (Å²) in [7, 11) is 0. The van der Waals surface area contributed by atoms with E-state index in [-0.39, 0.29) is 11.7 Å². The van der Waals surface area contributed by atoms with E-state index in [0.717, 1.165) is 28.2 Å². The molecule has 3 aromatic rings. The molecule has 1 aromatic heterocycles. The minimum Gasteiger partial charge on any atom is -0.316 e. The average molecular weight is 515 g/mol. The van der Waals surface area contributed by atoms with E-state index in [9.17, 15) is 4.79 Å². The molecule has 0 aliphatic rings. The highest BCUT2D eigenvalue weighted by atomic mass is 35.5. The molecule has 1 heterocycles. The molecule has 3 rings (SSSR count). The average Bonchev–Trinajstić information content (AvgIpc) is 2.99. The summed E-state index contributed by atoms with van der Waals surface area (Å²) < 4.78 is 2.00. The number of nitrogens with zero attached hydrogens (tertiary/aromatic N) is 2. The lowest BCUT2D eigenvalue weighted by Gasteiger charge is -2.12. The first-order valence-corrected chi connectivity index (χ1v) is 11.9. The van der Waals surface area contributed by atoms with Crippen LogP contribution in [0.4, 0.5) is 0 Å². The zero-order valence-electron chi connectivity index (χ0n) is 16.8. The zero-order chi connectivity index (χ0) is 22.5. The molecule has 0 saturated heterocycles. The maximum Gasteiger partial charge on any atom is 0.250 e. The van der Waals surface area contributed by atoms with E-state index in [2.05, 4.69) is 10.5 Å². The van der Waals surface area contributed by atoms with Gasteiger partial charge in [0.05, 0.1) is 22.7 Å². The van der Waals surface area contributed by atoms with Crippen molar-refractivity contribution in [1.29, 1.82) is 0 Å². The van der Waals surface area contributed by atoms with Crippen LogP contribution in [0.3, 0.4) is 0 Å². The number of rotatable bonds is 7. The van der Waals surface area contributed by atoms with Crippen LogP contribution in [0.2, 0.25) is 20.1 Å². The lowest BCUT2D eigenvalue weighted by atomic mass is 10.2. The molecular weight excluding hydrogens is 496 g/mol. The van der Waals surface area contributed by atoms with Crippen LogP contribution in [0.5, 0.6) is 0 Å². The molecule has 0 bridgehead atoms. The molecule has 31 heavy (non-hydrogen) atoms. The fourth-order valence-electron chi connectivity index (χ4n) is 3.07. The van der Waals surface area contributed by atoms with E-state index >= 15 is 0 Å². The highest BCUT2D eigenvalue weighted by Gasteiger charge is 2.13. The summed E-state index contributed by atoms with van der Waals surface area (Å²) in [5.74, 6) is 0.559. The number of amides is 1. The minimum absolute atomic E-state index is 0.212. The number of nitrogens with one attached hydrogen (secondary N) is 1. The van der Waals surface area contributed by atoms with Gasteiger partial charge in [-0.25, -0.2) is 5.43 Å². The molecule has 0 unspecified atom stereocenters. The zero-order valence-corrected chi connectivity index (χ0v) is 20.6. The van der Waals surface area contributed by atoms with Crippen LogP contribution in [0.25, 0.3) is 5.69 Å². The molecule has 4 nitrogen and oxygen atoms in total. The van der Waals surface area contributed by atoms with Crippen LogP contribution in [0.15, 0.2) is 47.6 Å². The third-order valence-electron chi connectivity index (χ3n) is 4.55. The Balaban J connectivity index is 1.61. The topological polar surface area (TPSA) is 46.4 Å². The number of hydrogen-bond acceptors (Lipinski definition) is 3. The van der Waals surface area contributed by atoms with Gasteiger partial charge in [-0.3, -0.25) is 4.79 Å². The standard InChI is InChI=1S/C22H19Cl4N3OS/c1-13-8-15(14(2)29(13)21-9-16(23)6-7-20(21)26)10-27-28-22(30)12-31-11-17-18(24)4-3-5-19(17)25/h3-10H,11-12H2,1-2H3,(H,28,30)/b27-10-. The largest absolute Gasteiger partial charge is 0.316 e. The first-order chi connectivity index (χ1) is 14.8. The van der Waals surface area contributed by atoms with Gasteiger partial charge < -0.3 is 4.57 Å². The third kappa shape index (κ3) is 5.99. The molecular formula is C22H19Cl4N3OS. The number of thioether (sulfide) groups is 1. The quantitative estimate of drug-likeness (QED) is 0.270. The van der Waals surface area contributed by atoms with Gasteiger partial charge in [-0.05, 0) is 55.8 Å². The van der Waals surface area contributed by atoms with Crippen molar-refractivity contribution in [2.75, 3.05) is 5.75 Å². The first-order valence-electron chi connectivity index (χ1n) is 9.25. The predicted molar refractivity (Wildman–Crippen MR) is 134 cm³/mol. The summed E-state index contributed by atoms with van der Waals surface area (Å²) in [5, 5.41) is 6.47. The predicted octanol–water partition coefficient (Wildman–Crippen LogP) is 7.09. The molecule has 0 atom stereocenters. The summed E-state index contributed by atoms with van der Waals surface area (Å²) in [4.78, 5) is 12.1. The van der Waals surface area contributed by atoms with Gasteiger partial charge in [0, 0.05) is 37.8 Å². The van der Waals surface area contributed by atoms with Crippen molar-refractivity contribution in [1.82, 2.24) is 9.99 Å². The summed E-state index contributed by atoms with van der Waals surface area (Å²) in [6.07, 6.45) is 1.62. The molecule has 2 aromatic carbocycles. The number of aryl methyl sites for hydroxylation is 1. The second-order valence-corrected chi connectivity index (χ2v) is 9.39. The molecule has 0 aliphatic carbocycles. The molecule has 0 saturated carbocycles. The minimum atomic E-state index is -0.212. The van der Waals surface area contributed by atoms with E-state index in [4.69, 9.17) is 46.4 Å². The van der Waals surface area contributed by atoms with Crippen molar-refractivity contribution in [2.45, 2.75) is 19.6 Å². The molecule has 162 valence electrons. The number of aromatic nitrogens is 1. The van der Waals surface area contributed by atoms with Gasteiger partial charge in [0.15, 0.2) is 0 Å². The van der Waals surface area contributed by atoms with Gasteiger partial charge in [0.2, 0.25) is 5.91 Å². The molecule has 0 spiro atoms. The van der Waals surface area contributed by atoms with Crippen molar-refractivity contribution < 1.29 is 4.79 Å². The van der Waals surface area contributed by atoms with Gasteiger partial charge in [-0.1, -0.05) is 52.5 Å². The molecule has 1 amide bonds. The van der Waals surface area contributed by atoms with Crippen molar-refractivity contribution in [3.8, 4) is 5.69 Å². The van der Waals surface area contributed by atoms with Crippen molar-refractivity contribution in [3.63, 3.8) is 0 Å². The van der Waals surface area contributed by atoms with Crippen LogP contribution < -0.4 is 5.43 Å². The van der Waals surface area contributed by atoms with Gasteiger partial charge >= 0.3 is 0 Å². The van der Waals surface area contributed by atoms with E-state index < -0.39 is 0 Å². The monoisotopic (exact) mass is 513 g/mol. The number of carbonyl (C=O) groups excluding carboxylic acids is 1. The number of hydrogen-bond donors (Lipinski definition) is 1. The Hall–Kier alpha value is -1.63. The van der Waals surface area contributed by atoms with E-state index in [0.29, 0.717) is 25.8 Å². The van der Waals surface area contributed by atoms with Crippen LogP contribution in [-0.4, -0.2) is 22.4 Å². The Morgan fingerprint density at radius 2 is 1.77 bits per heavy atom. The lowest BCUT2D eigenvalue weighted by molar-refractivity contribution is -0.118. The summed E-state index contributed by atoms with van der Waals surface area (Å²) in [6, 6.07) is 12.6. The number of carbonyl (C=O) groups is 1. The first kappa shape index (κ1) is 24.0. The Morgan fingerprint density at radius 1 is 1.06 bits per heavy atom. The van der Waals surface area contributed by atoms with Crippen molar-refractivity contribution >= 4 is 70.3 Å². The Labute approximate surface area is 205 Å². The second kappa shape index (κ2) is 10.8.